The van der Waals surface area contributed by atoms with Crippen molar-refractivity contribution in [2.75, 3.05) is 36.5 Å². The van der Waals surface area contributed by atoms with E-state index >= 15 is 0 Å². The zero-order valence-electron chi connectivity index (χ0n) is 12.5. The van der Waals surface area contributed by atoms with Gasteiger partial charge in [0.05, 0.1) is 19.8 Å². The van der Waals surface area contributed by atoms with Crippen molar-refractivity contribution in [3.8, 4) is 0 Å². The van der Waals surface area contributed by atoms with E-state index in [1.165, 1.54) is 5.69 Å². The third kappa shape index (κ3) is 3.16. The Morgan fingerprint density at radius 2 is 1.86 bits per heavy atom. The van der Waals surface area contributed by atoms with Crippen LogP contribution in [0.4, 0.5) is 11.4 Å². The monoisotopic (exact) mass is 287 g/mol. The van der Waals surface area contributed by atoms with Crippen LogP contribution in [0.2, 0.25) is 0 Å². The lowest BCUT2D eigenvalue weighted by Gasteiger charge is -2.28. The highest BCUT2D eigenvalue weighted by Crippen LogP contribution is 2.19. The number of nitrogens with zero attached hydrogens (tertiary/aromatic N) is 4. The van der Waals surface area contributed by atoms with E-state index < -0.39 is 0 Å². The van der Waals surface area contributed by atoms with Crippen LogP contribution in [-0.4, -0.2) is 41.1 Å². The summed E-state index contributed by atoms with van der Waals surface area (Å²) in [6.07, 6.45) is 0. The molecule has 6 heteroatoms. The van der Waals surface area contributed by atoms with Gasteiger partial charge in [-0.1, -0.05) is 0 Å². The zero-order valence-corrected chi connectivity index (χ0v) is 12.5. The highest BCUT2D eigenvalue weighted by Gasteiger charge is 2.10. The van der Waals surface area contributed by atoms with Gasteiger partial charge in [-0.05, 0) is 31.2 Å². The number of anilines is 2. The van der Waals surface area contributed by atoms with Crippen molar-refractivity contribution in [3.63, 3.8) is 0 Å². The minimum atomic E-state index is 0.675. The van der Waals surface area contributed by atoms with E-state index in [9.17, 15) is 0 Å². The molecule has 6 nitrogen and oxygen atoms in total. The number of ether oxygens (including phenoxy) is 1. The van der Waals surface area contributed by atoms with Gasteiger partial charge in [-0.15, -0.1) is 10.2 Å². The largest absolute Gasteiger partial charge is 0.378 e. The van der Waals surface area contributed by atoms with E-state index in [1.807, 2.05) is 18.5 Å². The second-order valence-corrected chi connectivity index (χ2v) is 5.22. The fourth-order valence-electron chi connectivity index (χ4n) is 2.40. The highest BCUT2D eigenvalue weighted by molar-refractivity contribution is 5.55. The third-order valence-electron chi connectivity index (χ3n) is 3.88. The molecular weight excluding hydrogens is 266 g/mol. The molecule has 3 rings (SSSR count). The van der Waals surface area contributed by atoms with Crippen LogP contribution in [0.1, 0.15) is 11.6 Å². The maximum atomic E-state index is 5.38. The third-order valence-corrected chi connectivity index (χ3v) is 3.88. The molecule has 2 heterocycles. The number of morpholine rings is 1. The second kappa shape index (κ2) is 6.13. The SMILES string of the molecule is Cc1nnc(CNc2ccc(N3CCOCC3)cc2)n1C. The molecule has 0 amide bonds. The molecule has 112 valence electrons. The average molecular weight is 287 g/mol. The number of nitrogens with one attached hydrogen (secondary N) is 1. The molecule has 0 unspecified atom stereocenters. The number of hydrogen-bond acceptors (Lipinski definition) is 5. The summed E-state index contributed by atoms with van der Waals surface area (Å²) in [7, 11) is 1.98. The van der Waals surface area contributed by atoms with Gasteiger partial charge < -0.3 is 19.5 Å². The summed E-state index contributed by atoms with van der Waals surface area (Å²) in [4.78, 5) is 2.35. The Bertz CT molecular complexity index is 587. The maximum Gasteiger partial charge on any atom is 0.152 e. The number of aryl methyl sites for hydroxylation is 1. The minimum Gasteiger partial charge on any atom is -0.378 e. The topological polar surface area (TPSA) is 55.2 Å². The Balaban J connectivity index is 1.60. The number of aromatic nitrogens is 3. The van der Waals surface area contributed by atoms with E-state index in [0.717, 1.165) is 43.6 Å². The van der Waals surface area contributed by atoms with Crippen molar-refractivity contribution in [1.82, 2.24) is 14.8 Å². The van der Waals surface area contributed by atoms with E-state index in [2.05, 4.69) is 44.7 Å². The molecule has 1 fully saturated rings. The summed E-state index contributed by atoms with van der Waals surface area (Å²) in [6, 6.07) is 8.51. The molecule has 0 bridgehead atoms. The fraction of sp³-hybridized carbons (Fsp3) is 0.467. The second-order valence-electron chi connectivity index (χ2n) is 5.22. The van der Waals surface area contributed by atoms with Crippen LogP contribution < -0.4 is 10.2 Å². The van der Waals surface area contributed by atoms with Crippen molar-refractivity contribution in [2.24, 2.45) is 7.05 Å². The molecule has 0 atom stereocenters. The van der Waals surface area contributed by atoms with Crippen molar-refractivity contribution in [1.29, 1.82) is 0 Å². The number of benzene rings is 1. The molecule has 1 aliphatic heterocycles. The Kier molecular flexibility index (Phi) is 4.06. The van der Waals surface area contributed by atoms with Crippen LogP contribution in [0.3, 0.4) is 0 Å². The van der Waals surface area contributed by atoms with Crippen molar-refractivity contribution in [2.45, 2.75) is 13.5 Å². The summed E-state index contributed by atoms with van der Waals surface area (Å²) in [5.41, 5.74) is 2.34. The highest BCUT2D eigenvalue weighted by atomic mass is 16.5. The lowest BCUT2D eigenvalue weighted by molar-refractivity contribution is 0.122. The molecule has 1 saturated heterocycles. The molecule has 0 saturated carbocycles. The molecule has 1 aromatic carbocycles. The molecule has 21 heavy (non-hydrogen) atoms. The first kappa shape index (κ1) is 13.9. The predicted molar refractivity (Wildman–Crippen MR) is 82.5 cm³/mol. The van der Waals surface area contributed by atoms with Gasteiger partial charge in [0.15, 0.2) is 5.82 Å². The summed E-state index contributed by atoms with van der Waals surface area (Å²) in [5, 5.41) is 11.6. The van der Waals surface area contributed by atoms with Crippen molar-refractivity contribution in [3.05, 3.63) is 35.9 Å². The smallest absolute Gasteiger partial charge is 0.152 e. The van der Waals surface area contributed by atoms with Crippen LogP contribution in [-0.2, 0) is 18.3 Å². The Morgan fingerprint density at radius 1 is 1.14 bits per heavy atom. The molecule has 1 N–H and O–H groups in total. The lowest BCUT2D eigenvalue weighted by atomic mass is 10.2. The van der Waals surface area contributed by atoms with E-state index in [0.29, 0.717) is 6.54 Å². The number of rotatable bonds is 4. The predicted octanol–water partition coefficient (Wildman–Crippen LogP) is 1.57. The molecule has 1 aromatic heterocycles. The average Bonchev–Trinajstić information content (AvgIpc) is 2.86. The molecule has 0 radical (unpaired) electrons. The minimum absolute atomic E-state index is 0.675. The summed E-state index contributed by atoms with van der Waals surface area (Å²) in [5.74, 6) is 1.86. The van der Waals surface area contributed by atoms with E-state index in [4.69, 9.17) is 4.74 Å². The Labute approximate surface area is 124 Å². The van der Waals surface area contributed by atoms with Gasteiger partial charge >= 0.3 is 0 Å². The van der Waals surface area contributed by atoms with Gasteiger partial charge in [0.1, 0.15) is 5.82 Å². The maximum absolute atomic E-state index is 5.38. The normalized spacial score (nSPS) is 15.2. The van der Waals surface area contributed by atoms with Gasteiger partial charge in [0, 0.05) is 31.5 Å². The van der Waals surface area contributed by atoms with Gasteiger partial charge in [0.25, 0.3) is 0 Å². The first-order chi connectivity index (χ1) is 10.2. The van der Waals surface area contributed by atoms with Crippen LogP contribution in [0, 0.1) is 6.92 Å². The molecule has 0 spiro atoms. The van der Waals surface area contributed by atoms with Crippen molar-refractivity contribution < 1.29 is 4.74 Å². The van der Waals surface area contributed by atoms with Crippen LogP contribution in [0.25, 0.3) is 0 Å². The van der Waals surface area contributed by atoms with E-state index in [-0.39, 0.29) is 0 Å². The molecule has 0 aliphatic carbocycles. The molecule has 2 aromatic rings. The molecular formula is C15H21N5O. The fourth-order valence-corrected chi connectivity index (χ4v) is 2.40. The lowest BCUT2D eigenvalue weighted by Crippen LogP contribution is -2.36. The van der Waals surface area contributed by atoms with Crippen LogP contribution in [0.5, 0.6) is 0 Å². The van der Waals surface area contributed by atoms with Gasteiger partial charge in [-0.25, -0.2) is 0 Å². The molecule has 1 aliphatic rings. The summed E-state index contributed by atoms with van der Waals surface area (Å²) in [6.45, 7) is 6.18. The number of hydrogen-bond donors (Lipinski definition) is 1. The van der Waals surface area contributed by atoms with Crippen LogP contribution >= 0.6 is 0 Å². The quantitative estimate of drug-likeness (QED) is 0.925. The van der Waals surface area contributed by atoms with Gasteiger partial charge in [-0.3, -0.25) is 0 Å². The van der Waals surface area contributed by atoms with Gasteiger partial charge in [-0.2, -0.15) is 0 Å². The van der Waals surface area contributed by atoms with Gasteiger partial charge in [0.2, 0.25) is 0 Å². The zero-order chi connectivity index (χ0) is 14.7. The summed E-state index contributed by atoms with van der Waals surface area (Å²) >= 11 is 0. The first-order valence-corrected chi connectivity index (χ1v) is 7.25. The summed E-state index contributed by atoms with van der Waals surface area (Å²) < 4.78 is 7.37. The Hall–Kier alpha value is -2.08. The van der Waals surface area contributed by atoms with Crippen LogP contribution in [0.15, 0.2) is 24.3 Å². The first-order valence-electron chi connectivity index (χ1n) is 7.25. The van der Waals surface area contributed by atoms with E-state index in [1.54, 1.807) is 0 Å². The van der Waals surface area contributed by atoms with Crippen molar-refractivity contribution >= 4 is 11.4 Å². The Morgan fingerprint density at radius 3 is 2.48 bits per heavy atom. The standard InChI is InChI=1S/C15H21N5O/c1-12-17-18-15(19(12)2)11-16-13-3-5-14(6-4-13)20-7-9-21-10-8-20/h3-6,16H,7-11H2,1-2H3.